The van der Waals surface area contributed by atoms with Gasteiger partial charge < -0.3 is 14.8 Å². The summed E-state index contributed by atoms with van der Waals surface area (Å²) in [4.78, 5) is 9.19. The van der Waals surface area contributed by atoms with Gasteiger partial charge >= 0.3 is 0 Å². The Bertz CT molecular complexity index is 837. The van der Waals surface area contributed by atoms with E-state index < -0.39 is 0 Å². The summed E-state index contributed by atoms with van der Waals surface area (Å²) >= 11 is 0. The van der Waals surface area contributed by atoms with Crippen LogP contribution < -0.4 is 14.8 Å². The maximum atomic E-state index is 5.67. The summed E-state index contributed by atoms with van der Waals surface area (Å²) in [5.41, 5.74) is 2.76. The van der Waals surface area contributed by atoms with Crippen molar-refractivity contribution in [2.24, 2.45) is 0 Å². The van der Waals surface area contributed by atoms with Gasteiger partial charge in [0.25, 0.3) is 0 Å². The number of hydrogen-bond acceptors (Lipinski definition) is 5. The van der Waals surface area contributed by atoms with Crippen molar-refractivity contribution >= 4 is 16.9 Å². The van der Waals surface area contributed by atoms with Crippen LogP contribution in [-0.2, 0) is 0 Å². The molecule has 0 aliphatic carbocycles. The molecule has 0 aliphatic rings. The molecule has 0 amide bonds. The molecule has 0 aliphatic heterocycles. The molecule has 2 aromatic carbocycles. The molecule has 3 rings (SSSR count). The molecular weight excluding hydrogens is 314 g/mol. The summed E-state index contributed by atoms with van der Waals surface area (Å²) in [6, 6.07) is 14.2. The van der Waals surface area contributed by atoms with Gasteiger partial charge in [0.2, 0.25) is 0 Å². The molecular formula is C20H23N3O2. The van der Waals surface area contributed by atoms with Crippen molar-refractivity contribution in [3.63, 3.8) is 0 Å². The van der Waals surface area contributed by atoms with Gasteiger partial charge in [0, 0.05) is 18.2 Å². The molecule has 130 valence electrons. The fourth-order valence-electron chi connectivity index (χ4n) is 2.67. The molecule has 0 spiro atoms. The second kappa shape index (κ2) is 7.83. The summed E-state index contributed by atoms with van der Waals surface area (Å²) in [6.45, 7) is 7.15. The van der Waals surface area contributed by atoms with E-state index >= 15 is 0 Å². The highest BCUT2D eigenvalue weighted by Crippen LogP contribution is 2.32. The molecule has 1 atom stereocenters. The Morgan fingerprint density at radius 3 is 2.24 bits per heavy atom. The smallest absolute Gasteiger partial charge is 0.163 e. The zero-order valence-electron chi connectivity index (χ0n) is 14.8. The summed E-state index contributed by atoms with van der Waals surface area (Å²) in [5, 5.41) is 3.40. The van der Waals surface area contributed by atoms with E-state index in [-0.39, 0.29) is 6.04 Å². The number of anilines is 1. The number of ether oxygens (including phenoxy) is 2. The number of nitrogens with one attached hydrogen (secondary N) is 1. The van der Waals surface area contributed by atoms with Gasteiger partial charge in [-0.3, -0.25) is 4.98 Å². The minimum Gasteiger partial charge on any atom is -0.490 e. The molecule has 25 heavy (non-hydrogen) atoms. The monoisotopic (exact) mass is 337 g/mol. The maximum absolute atomic E-state index is 5.67. The highest BCUT2D eigenvalue weighted by atomic mass is 16.5. The van der Waals surface area contributed by atoms with Crippen LogP contribution in [0.2, 0.25) is 0 Å². The van der Waals surface area contributed by atoms with E-state index in [9.17, 15) is 0 Å². The quantitative estimate of drug-likeness (QED) is 0.683. The molecule has 0 radical (unpaired) electrons. The average molecular weight is 337 g/mol. The normalized spacial score (nSPS) is 12.0. The van der Waals surface area contributed by atoms with Crippen molar-refractivity contribution in [2.45, 2.75) is 26.8 Å². The van der Waals surface area contributed by atoms with Gasteiger partial charge in [0.1, 0.15) is 5.82 Å². The largest absolute Gasteiger partial charge is 0.490 e. The lowest BCUT2D eigenvalue weighted by Gasteiger charge is -2.16. The van der Waals surface area contributed by atoms with Crippen LogP contribution >= 0.6 is 0 Å². The van der Waals surface area contributed by atoms with Crippen LogP contribution in [-0.4, -0.2) is 23.2 Å². The molecule has 5 nitrogen and oxygen atoms in total. The molecule has 0 saturated heterocycles. The molecule has 5 heteroatoms. The number of nitrogens with zero attached hydrogens (tertiary/aromatic N) is 2. The van der Waals surface area contributed by atoms with Crippen LogP contribution in [0.1, 0.15) is 32.4 Å². The lowest BCUT2D eigenvalue weighted by atomic mass is 10.1. The van der Waals surface area contributed by atoms with Gasteiger partial charge in [0.15, 0.2) is 11.5 Å². The van der Waals surface area contributed by atoms with Gasteiger partial charge in [-0.2, -0.15) is 0 Å². The van der Waals surface area contributed by atoms with E-state index in [0.717, 1.165) is 16.9 Å². The van der Waals surface area contributed by atoms with E-state index in [4.69, 9.17) is 9.47 Å². The van der Waals surface area contributed by atoms with E-state index in [1.807, 2.05) is 44.2 Å². The lowest BCUT2D eigenvalue weighted by Crippen LogP contribution is -2.08. The molecule has 1 heterocycles. The van der Waals surface area contributed by atoms with Gasteiger partial charge in [-0.05, 0) is 26.3 Å². The van der Waals surface area contributed by atoms with Crippen LogP contribution in [0.15, 0.2) is 48.7 Å². The zero-order chi connectivity index (χ0) is 17.6. The molecule has 3 aromatic rings. The number of aromatic nitrogens is 2. The van der Waals surface area contributed by atoms with Gasteiger partial charge in [0.05, 0.1) is 30.4 Å². The first kappa shape index (κ1) is 17.0. The Morgan fingerprint density at radius 1 is 0.960 bits per heavy atom. The predicted octanol–water partition coefficient (Wildman–Crippen LogP) is 4.60. The van der Waals surface area contributed by atoms with Gasteiger partial charge in [-0.25, -0.2) is 4.98 Å². The van der Waals surface area contributed by atoms with E-state index in [1.165, 1.54) is 5.56 Å². The molecule has 0 fully saturated rings. The summed E-state index contributed by atoms with van der Waals surface area (Å²) in [6.07, 6.45) is 1.75. The van der Waals surface area contributed by atoms with E-state index in [2.05, 4.69) is 34.3 Å². The number of rotatable bonds is 7. The lowest BCUT2D eigenvalue weighted by molar-refractivity contribution is 0.288. The van der Waals surface area contributed by atoms with Crippen LogP contribution in [0.3, 0.4) is 0 Å². The third kappa shape index (κ3) is 3.99. The Hall–Kier alpha value is -2.82. The molecule has 1 N–H and O–H groups in total. The van der Waals surface area contributed by atoms with Gasteiger partial charge in [-0.1, -0.05) is 30.3 Å². The molecule has 1 aromatic heterocycles. The maximum Gasteiger partial charge on any atom is 0.163 e. The van der Waals surface area contributed by atoms with Crippen molar-refractivity contribution < 1.29 is 9.47 Å². The SMILES string of the molecule is CCOc1cc2ncc(NC(C)c3ccccc3)nc2cc1OCC. The van der Waals surface area contributed by atoms with E-state index in [1.54, 1.807) is 6.20 Å². The standard InChI is InChI=1S/C20H23N3O2/c1-4-24-18-11-16-17(12-19(18)25-5-2)23-20(13-21-16)22-14(3)15-9-7-6-8-10-15/h6-14H,4-5H2,1-3H3,(H,22,23). The summed E-state index contributed by atoms with van der Waals surface area (Å²) < 4.78 is 11.3. The van der Waals surface area contributed by atoms with Crippen molar-refractivity contribution in [3.8, 4) is 11.5 Å². The first-order valence-corrected chi connectivity index (χ1v) is 8.59. The molecule has 0 saturated carbocycles. The minimum atomic E-state index is 0.141. The van der Waals surface area contributed by atoms with Crippen molar-refractivity contribution in [1.29, 1.82) is 0 Å². The molecule has 0 bridgehead atoms. The second-order valence-electron chi connectivity index (χ2n) is 5.69. The second-order valence-corrected chi connectivity index (χ2v) is 5.69. The first-order valence-electron chi connectivity index (χ1n) is 8.59. The van der Waals surface area contributed by atoms with Crippen LogP contribution in [0.5, 0.6) is 11.5 Å². The zero-order valence-corrected chi connectivity index (χ0v) is 14.8. The Balaban J connectivity index is 1.89. The summed E-state index contributed by atoms with van der Waals surface area (Å²) in [7, 11) is 0. The van der Waals surface area contributed by atoms with Crippen LogP contribution in [0, 0.1) is 0 Å². The highest BCUT2D eigenvalue weighted by Gasteiger charge is 2.11. The number of hydrogen-bond donors (Lipinski definition) is 1. The van der Waals surface area contributed by atoms with Crippen molar-refractivity contribution in [1.82, 2.24) is 9.97 Å². The third-order valence-corrected chi connectivity index (χ3v) is 3.87. The number of fused-ring (bicyclic) bond motifs is 1. The minimum absolute atomic E-state index is 0.141. The fourth-order valence-corrected chi connectivity index (χ4v) is 2.67. The van der Waals surface area contributed by atoms with E-state index in [0.29, 0.717) is 24.7 Å². The fraction of sp³-hybridized carbons (Fsp3) is 0.300. The first-order chi connectivity index (χ1) is 12.2. The third-order valence-electron chi connectivity index (χ3n) is 3.87. The summed E-state index contributed by atoms with van der Waals surface area (Å²) in [5.74, 6) is 2.12. The molecule has 1 unspecified atom stereocenters. The highest BCUT2D eigenvalue weighted by molar-refractivity contribution is 5.80. The van der Waals surface area contributed by atoms with Crippen molar-refractivity contribution in [3.05, 3.63) is 54.2 Å². The Labute approximate surface area is 148 Å². The van der Waals surface area contributed by atoms with Crippen molar-refractivity contribution in [2.75, 3.05) is 18.5 Å². The Kier molecular flexibility index (Phi) is 5.33. The van der Waals surface area contributed by atoms with Crippen LogP contribution in [0.4, 0.5) is 5.82 Å². The van der Waals surface area contributed by atoms with Crippen LogP contribution in [0.25, 0.3) is 11.0 Å². The topological polar surface area (TPSA) is 56.3 Å². The predicted molar refractivity (Wildman–Crippen MR) is 100 cm³/mol. The average Bonchev–Trinajstić information content (AvgIpc) is 2.63. The Morgan fingerprint density at radius 2 is 1.60 bits per heavy atom. The van der Waals surface area contributed by atoms with Gasteiger partial charge in [-0.15, -0.1) is 0 Å². The number of benzene rings is 2.